The Bertz CT molecular complexity index is 4040. The molecule has 0 unspecified atom stereocenters. The molecule has 0 amide bonds. The van der Waals surface area contributed by atoms with Crippen molar-refractivity contribution in [1.82, 2.24) is 8.80 Å². The van der Waals surface area contributed by atoms with Crippen molar-refractivity contribution in [2.24, 2.45) is 0 Å². The van der Waals surface area contributed by atoms with Gasteiger partial charge in [-0.15, -0.1) is 0 Å². The first-order chi connectivity index (χ1) is 35.5. The summed E-state index contributed by atoms with van der Waals surface area (Å²) in [7, 11) is 0. The number of rotatable bonds is 8. The summed E-state index contributed by atoms with van der Waals surface area (Å²) >= 11 is 0. The molecule has 72 heavy (non-hydrogen) atoms. The highest BCUT2D eigenvalue weighted by Gasteiger charge is 2.29. The highest BCUT2D eigenvalue weighted by molar-refractivity contribution is 6.32. The number of aromatic nitrogens is 2. The number of fused-ring (bicyclic) bond motifs is 12. The van der Waals surface area contributed by atoms with Crippen molar-refractivity contribution in [3.8, 4) is 0 Å². The van der Waals surface area contributed by atoms with Crippen LogP contribution in [0.5, 0.6) is 0 Å². The number of para-hydroxylation sites is 2. The summed E-state index contributed by atoms with van der Waals surface area (Å²) in [5.74, 6) is 0.821. The lowest BCUT2D eigenvalue weighted by Crippen LogP contribution is -2.11. The van der Waals surface area contributed by atoms with Crippen LogP contribution in [0.25, 0.3) is 76.2 Å². The van der Waals surface area contributed by atoms with Crippen LogP contribution in [0.15, 0.2) is 182 Å². The van der Waals surface area contributed by atoms with Crippen LogP contribution in [0.1, 0.15) is 106 Å². The van der Waals surface area contributed by atoms with Crippen LogP contribution in [0, 0.1) is 0 Å². The van der Waals surface area contributed by atoms with Crippen LogP contribution < -0.4 is 9.80 Å². The van der Waals surface area contributed by atoms with Gasteiger partial charge >= 0.3 is 0 Å². The van der Waals surface area contributed by atoms with E-state index in [0.717, 1.165) is 110 Å². The molecular weight excluding hydrogens is 873 g/mol. The number of anilines is 6. The first kappa shape index (κ1) is 41.9. The fourth-order valence-electron chi connectivity index (χ4n) is 11.7. The zero-order valence-electron chi connectivity index (χ0n) is 45.1. The predicted molar refractivity (Wildman–Crippen MR) is 311 cm³/mol. The molecule has 0 aliphatic carbocycles. The molecule has 4 heterocycles. The molecule has 0 aliphatic heterocycles. The van der Waals surface area contributed by atoms with E-state index in [9.17, 15) is 2.74 Å². The summed E-state index contributed by atoms with van der Waals surface area (Å²) < 4.78 is 26.0. The molecule has 0 N–H and O–H groups in total. The van der Waals surface area contributed by atoms with Crippen molar-refractivity contribution >= 4 is 110 Å². The molecule has 0 saturated heterocycles. The minimum absolute atomic E-state index is 0.0982. The van der Waals surface area contributed by atoms with Gasteiger partial charge in [-0.25, -0.2) is 0 Å². The Kier molecular flexibility index (Phi) is 9.22. The number of hydrogen-bond acceptors (Lipinski definition) is 2. The lowest BCUT2D eigenvalue weighted by atomic mass is 9.86. The lowest BCUT2D eigenvalue weighted by Gasteiger charge is -2.27. The van der Waals surface area contributed by atoms with E-state index < -0.39 is 0 Å². The van der Waals surface area contributed by atoms with Gasteiger partial charge in [-0.1, -0.05) is 154 Å². The second-order valence-corrected chi connectivity index (χ2v) is 22.9. The Morgan fingerprint density at radius 1 is 0.375 bits per heavy atom. The van der Waals surface area contributed by atoms with Crippen LogP contribution in [-0.2, 0) is 10.8 Å². The van der Waals surface area contributed by atoms with E-state index in [1.807, 2.05) is 0 Å². The minimum Gasteiger partial charge on any atom is -0.310 e. The second-order valence-electron chi connectivity index (χ2n) is 22.9. The van der Waals surface area contributed by atoms with Gasteiger partial charge in [0.2, 0.25) is 0 Å². The van der Waals surface area contributed by atoms with Crippen molar-refractivity contribution in [3.05, 3.63) is 204 Å². The van der Waals surface area contributed by atoms with Gasteiger partial charge in [-0.3, -0.25) is 0 Å². The Morgan fingerprint density at radius 2 is 0.736 bits per heavy atom. The highest BCUT2D eigenvalue weighted by atomic mass is 15.2. The SMILES string of the molecule is [2H]c1c2c3ccc(N(c4ccccc4)c4ccc(C(C)C)cc4)c4c5cc(C(C)(C)C)ccc5n(c2c([2H])c2c5ccc(N(c6ccccc6)c6ccc(C(C)C)cc6)c6c7cc(C(C)(C)C)ccc7n(c12)c56)c34. The van der Waals surface area contributed by atoms with Crippen molar-refractivity contribution in [2.75, 3.05) is 9.80 Å². The average molecular weight is 937 g/mol. The summed E-state index contributed by atoms with van der Waals surface area (Å²) in [5, 5.41) is 8.09. The van der Waals surface area contributed by atoms with Crippen LogP contribution >= 0.6 is 0 Å². The van der Waals surface area contributed by atoms with E-state index in [0.29, 0.717) is 23.9 Å². The fraction of sp³-hybridized carbons (Fsp3) is 0.206. The van der Waals surface area contributed by atoms with Crippen molar-refractivity contribution in [3.63, 3.8) is 0 Å². The summed E-state index contributed by atoms with van der Waals surface area (Å²) in [6.45, 7) is 22.6. The summed E-state index contributed by atoms with van der Waals surface area (Å²) in [6, 6.07) is 63.1. The van der Waals surface area contributed by atoms with E-state index in [-0.39, 0.29) is 10.8 Å². The molecule has 13 rings (SSSR count). The normalized spacial score (nSPS) is 13.2. The largest absolute Gasteiger partial charge is 0.310 e. The van der Waals surface area contributed by atoms with Crippen LogP contribution in [0.3, 0.4) is 0 Å². The molecule has 0 bridgehead atoms. The Hall–Kier alpha value is -7.82. The van der Waals surface area contributed by atoms with E-state index in [1.54, 1.807) is 0 Å². The van der Waals surface area contributed by atoms with Gasteiger partial charge in [0.1, 0.15) is 0 Å². The minimum atomic E-state index is -0.0982. The van der Waals surface area contributed by atoms with Crippen molar-refractivity contribution in [2.45, 2.75) is 91.9 Å². The van der Waals surface area contributed by atoms with Gasteiger partial charge in [0.05, 0.1) is 47.2 Å². The van der Waals surface area contributed by atoms with Crippen molar-refractivity contribution < 1.29 is 2.74 Å². The topological polar surface area (TPSA) is 15.3 Å². The molecule has 0 saturated carbocycles. The second kappa shape index (κ2) is 15.8. The van der Waals surface area contributed by atoms with E-state index >= 15 is 0 Å². The molecular formula is C68H62N4. The maximum Gasteiger partial charge on any atom is 0.0653 e. The van der Waals surface area contributed by atoms with E-state index in [1.165, 1.54) is 22.3 Å². The van der Waals surface area contributed by atoms with E-state index in [2.05, 4.69) is 258 Å². The van der Waals surface area contributed by atoms with Crippen LogP contribution in [0.4, 0.5) is 34.1 Å². The van der Waals surface area contributed by atoms with Crippen LogP contribution in [0.2, 0.25) is 0 Å². The summed E-state index contributed by atoms with van der Waals surface area (Å²) in [4.78, 5) is 4.78. The van der Waals surface area contributed by atoms with Gasteiger partial charge in [-0.2, -0.15) is 0 Å². The number of benzene rings is 9. The van der Waals surface area contributed by atoms with Gasteiger partial charge in [0.15, 0.2) is 0 Å². The van der Waals surface area contributed by atoms with Gasteiger partial charge in [-0.05, 0) is 142 Å². The maximum absolute atomic E-state index is 10.7. The molecule has 0 aliphatic rings. The monoisotopic (exact) mass is 937 g/mol. The van der Waals surface area contributed by atoms with Crippen LogP contribution in [-0.4, -0.2) is 8.80 Å². The molecule has 0 atom stereocenters. The zero-order chi connectivity index (χ0) is 51.3. The molecule has 13 aromatic rings. The first-order valence-corrected chi connectivity index (χ1v) is 25.8. The molecule has 0 radical (unpaired) electrons. The third-order valence-electron chi connectivity index (χ3n) is 15.6. The average Bonchev–Trinajstić information content (AvgIpc) is 4.19. The third kappa shape index (κ3) is 6.57. The molecule has 0 fully saturated rings. The third-order valence-corrected chi connectivity index (χ3v) is 15.6. The standard InChI is InChI=1S/C68H62N4/c1-41(2)43-21-27-49(28-22-43)69(47-17-13-11-14-18-47)59-35-31-51-53-39-62-54(40-61(53)71-57-33-25-45(67(5,6)7)37-55(57)63(59)65(51)71)52-32-36-60(64-56-38-46(68(8,9)10)26-34-58(56)72(62)66(52)64)70(48-19-15-12-16-20-48)50-29-23-44(24-30-50)42(3)4/h11-42H,1-10H3/i39D,40D. The van der Waals surface area contributed by atoms with Gasteiger partial charge in [0, 0.05) is 65.8 Å². The summed E-state index contributed by atoms with van der Waals surface area (Å²) in [6.07, 6.45) is 0. The zero-order valence-corrected chi connectivity index (χ0v) is 43.1. The van der Waals surface area contributed by atoms with Gasteiger partial charge < -0.3 is 18.6 Å². The molecule has 0 spiro atoms. The first-order valence-electron chi connectivity index (χ1n) is 26.8. The number of nitrogens with zero attached hydrogens (tertiary/aromatic N) is 4. The molecule has 4 aromatic heterocycles. The highest BCUT2D eigenvalue weighted by Crippen LogP contribution is 2.52. The Morgan fingerprint density at radius 3 is 1.08 bits per heavy atom. The smallest absolute Gasteiger partial charge is 0.0653 e. The van der Waals surface area contributed by atoms with E-state index in [4.69, 9.17) is 0 Å². The summed E-state index contributed by atoms with van der Waals surface area (Å²) in [5.41, 5.74) is 17.0. The lowest BCUT2D eigenvalue weighted by molar-refractivity contribution is 0.591. The fourth-order valence-corrected chi connectivity index (χ4v) is 11.7. The molecule has 9 aromatic carbocycles. The Labute approximate surface area is 425 Å². The van der Waals surface area contributed by atoms with Gasteiger partial charge in [0.25, 0.3) is 0 Å². The molecule has 4 heteroatoms. The maximum atomic E-state index is 10.7. The predicted octanol–water partition coefficient (Wildman–Crippen LogP) is 19.8. The Balaban J connectivity index is 1.17. The molecule has 4 nitrogen and oxygen atoms in total. The molecule has 354 valence electrons. The quantitative estimate of drug-likeness (QED) is 0.151. The van der Waals surface area contributed by atoms with Crippen molar-refractivity contribution in [1.29, 1.82) is 0 Å². The number of hydrogen-bond donors (Lipinski definition) is 0.